The van der Waals surface area contributed by atoms with Gasteiger partial charge in [0.15, 0.2) is 5.11 Å². The fourth-order valence-electron chi connectivity index (χ4n) is 1.98. The second-order valence-electron chi connectivity index (χ2n) is 5.06. The number of thiocarbonyl (C=S) groups is 1. The largest absolute Gasteiger partial charge is 0.493 e. The number of benzene rings is 2. The van der Waals surface area contributed by atoms with Crippen molar-refractivity contribution in [3.63, 3.8) is 0 Å². The van der Waals surface area contributed by atoms with E-state index in [0.29, 0.717) is 28.1 Å². The maximum atomic E-state index is 12.3. The van der Waals surface area contributed by atoms with Crippen molar-refractivity contribution in [1.82, 2.24) is 5.32 Å². The molecular formula is C16H16BrN3O4S2. The molecular weight excluding hydrogens is 442 g/mol. The lowest BCUT2D eigenvalue weighted by atomic mass is 10.2. The van der Waals surface area contributed by atoms with E-state index in [1.165, 1.54) is 24.3 Å². The molecule has 0 aliphatic rings. The quantitative estimate of drug-likeness (QED) is 0.595. The van der Waals surface area contributed by atoms with Crippen LogP contribution in [0.1, 0.15) is 17.3 Å². The molecule has 138 valence electrons. The first kappa shape index (κ1) is 20.3. The van der Waals surface area contributed by atoms with Crippen molar-refractivity contribution in [2.45, 2.75) is 11.8 Å². The summed E-state index contributed by atoms with van der Waals surface area (Å²) in [6, 6.07) is 10.6. The van der Waals surface area contributed by atoms with Gasteiger partial charge in [-0.2, -0.15) is 0 Å². The monoisotopic (exact) mass is 457 g/mol. The molecule has 0 radical (unpaired) electrons. The number of primary sulfonamides is 1. The molecule has 0 fully saturated rings. The van der Waals surface area contributed by atoms with Crippen molar-refractivity contribution in [2.75, 3.05) is 11.9 Å². The highest BCUT2D eigenvalue weighted by Gasteiger charge is 2.12. The highest BCUT2D eigenvalue weighted by molar-refractivity contribution is 9.10. The summed E-state index contributed by atoms with van der Waals surface area (Å²) in [4.78, 5) is 12.2. The van der Waals surface area contributed by atoms with Crippen molar-refractivity contribution < 1.29 is 17.9 Å². The summed E-state index contributed by atoms with van der Waals surface area (Å²) in [7, 11) is -3.76. The number of sulfonamides is 1. The topological polar surface area (TPSA) is 111 Å². The summed E-state index contributed by atoms with van der Waals surface area (Å²) >= 11 is 8.44. The molecule has 0 saturated carbocycles. The van der Waals surface area contributed by atoms with E-state index in [4.69, 9.17) is 22.1 Å². The number of nitrogens with one attached hydrogen (secondary N) is 2. The smallest absolute Gasteiger partial charge is 0.257 e. The van der Waals surface area contributed by atoms with Gasteiger partial charge in [-0.3, -0.25) is 10.1 Å². The first-order valence-electron chi connectivity index (χ1n) is 7.38. The van der Waals surface area contributed by atoms with Crippen LogP contribution in [0.15, 0.2) is 51.8 Å². The number of amides is 1. The third-order valence-corrected chi connectivity index (χ3v) is 4.91. The molecule has 1 amide bonds. The number of carbonyl (C=O) groups is 1. The minimum Gasteiger partial charge on any atom is -0.493 e. The van der Waals surface area contributed by atoms with Crippen LogP contribution in [0.25, 0.3) is 0 Å². The number of rotatable bonds is 5. The SMILES string of the molecule is CCOc1ccc(C(=O)NC(=S)Nc2ccc(S(N)(=O)=O)cc2)cc1Br. The normalized spacial score (nSPS) is 10.9. The van der Waals surface area contributed by atoms with Gasteiger partial charge in [0.05, 0.1) is 16.0 Å². The van der Waals surface area contributed by atoms with E-state index in [1.807, 2.05) is 6.92 Å². The van der Waals surface area contributed by atoms with Crippen molar-refractivity contribution >= 4 is 54.9 Å². The summed E-state index contributed by atoms with van der Waals surface area (Å²) in [5.74, 6) is 0.243. The van der Waals surface area contributed by atoms with E-state index in [0.717, 1.165) is 0 Å². The van der Waals surface area contributed by atoms with E-state index < -0.39 is 15.9 Å². The van der Waals surface area contributed by atoms with E-state index in [9.17, 15) is 13.2 Å². The van der Waals surface area contributed by atoms with Gasteiger partial charge in [0.1, 0.15) is 5.75 Å². The summed E-state index contributed by atoms with van der Waals surface area (Å²) < 4.78 is 28.5. The lowest BCUT2D eigenvalue weighted by Gasteiger charge is -2.11. The number of anilines is 1. The van der Waals surface area contributed by atoms with Gasteiger partial charge >= 0.3 is 0 Å². The predicted octanol–water partition coefficient (Wildman–Crippen LogP) is 2.62. The standard InChI is InChI=1S/C16H16BrN3O4S2/c1-2-24-14-8-3-10(9-13(14)17)15(21)20-16(25)19-11-4-6-12(7-5-11)26(18,22)23/h3-9H,2H2,1H3,(H2,18,22,23)(H2,19,20,21,25). The molecule has 4 N–H and O–H groups in total. The number of nitrogens with two attached hydrogens (primary N) is 1. The number of hydrogen-bond acceptors (Lipinski definition) is 5. The van der Waals surface area contributed by atoms with Crippen LogP contribution in [-0.2, 0) is 10.0 Å². The van der Waals surface area contributed by atoms with E-state index in [-0.39, 0.29) is 10.0 Å². The van der Waals surface area contributed by atoms with Gasteiger partial charge in [-0.15, -0.1) is 0 Å². The van der Waals surface area contributed by atoms with Crippen LogP contribution < -0.4 is 20.5 Å². The number of hydrogen-bond donors (Lipinski definition) is 3. The van der Waals surface area contributed by atoms with Gasteiger partial charge in [-0.1, -0.05) is 0 Å². The molecule has 26 heavy (non-hydrogen) atoms. The van der Waals surface area contributed by atoms with E-state index in [1.54, 1.807) is 18.2 Å². The van der Waals surface area contributed by atoms with Gasteiger partial charge in [-0.05, 0) is 77.5 Å². The van der Waals surface area contributed by atoms with Crippen molar-refractivity contribution in [3.8, 4) is 5.75 Å². The average Bonchev–Trinajstić information content (AvgIpc) is 2.56. The molecule has 0 bridgehead atoms. The molecule has 2 aromatic rings. The second-order valence-corrected chi connectivity index (χ2v) is 7.88. The summed E-state index contributed by atoms with van der Waals surface area (Å²) in [6.45, 7) is 2.38. The molecule has 2 rings (SSSR count). The molecule has 0 spiro atoms. The number of carbonyl (C=O) groups excluding carboxylic acids is 1. The third kappa shape index (κ3) is 5.49. The second kappa shape index (κ2) is 8.58. The van der Waals surface area contributed by atoms with Crippen LogP contribution in [0, 0.1) is 0 Å². The summed E-state index contributed by atoms with van der Waals surface area (Å²) in [5, 5.41) is 10.4. The molecule has 0 aliphatic carbocycles. The Morgan fingerprint density at radius 2 is 1.88 bits per heavy atom. The third-order valence-electron chi connectivity index (χ3n) is 3.16. The zero-order valence-electron chi connectivity index (χ0n) is 13.7. The van der Waals surface area contributed by atoms with Crippen LogP contribution in [-0.4, -0.2) is 26.0 Å². The molecule has 0 aromatic heterocycles. The fourth-order valence-corrected chi connectivity index (χ4v) is 3.20. The number of halogens is 1. The first-order chi connectivity index (χ1) is 12.2. The Morgan fingerprint density at radius 1 is 1.23 bits per heavy atom. The van der Waals surface area contributed by atoms with Crippen molar-refractivity contribution in [2.24, 2.45) is 5.14 Å². The Hall–Kier alpha value is -2.01. The highest BCUT2D eigenvalue weighted by atomic mass is 79.9. The Labute approximate surface area is 165 Å². The fraction of sp³-hybridized carbons (Fsp3) is 0.125. The van der Waals surface area contributed by atoms with Crippen LogP contribution >= 0.6 is 28.1 Å². The van der Waals surface area contributed by atoms with Crippen LogP contribution in [0.3, 0.4) is 0 Å². The van der Waals surface area contributed by atoms with Gasteiger partial charge in [0.2, 0.25) is 10.0 Å². The Kier molecular flexibility index (Phi) is 6.70. The van der Waals surface area contributed by atoms with Crippen LogP contribution in [0.2, 0.25) is 0 Å². The Bertz CT molecular complexity index is 931. The highest BCUT2D eigenvalue weighted by Crippen LogP contribution is 2.26. The average molecular weight is 458 g/mol. The maximum Gasteiger partial charge on any atom is 0.257 e. The first-order valence-corrected chi connectivity index (χ1v) is 10.1. The van der Waals surface area contributed by atoms with Crippen LogP contribution in [0.5, 0.6) is 5.75 Å². The lowest BCUT2D eigenvalue weighted by molar-refractivity contribution is 0.0977. The van der Waals surface area contributed by atoms with Crippen molar-refractivity contribution in [3.05, 3.63) is 52.5 Å². The van der Waals surface area contributed by atoms with Gasteiger partial charge < -0.3 is 10.1 Å². The lowest BCUT2D eigenvalue weighted by Crippen LogP contribution is -2.34. The Morgan fingerprint density at radius 3 is 2.42 bits per heavy atom. The molecule has 0 saturated heterocycles. The predicted molar refractivity (Wildman–Crippen MR) is 107 cm³/mol. The minimum atomic E-state index is -3.76. The molecule has 0 atom stereocenters. The molecule has 0 aliphatic heterocycles. The summed E-state index contributed by atoms with van der Waals surface area (Å²) in [6.07, 6.45) is 0. The minimum absolute atomic E-state index is 0.0164. The van der Waals surface area contributed by atoms with Gasteiger partial charge in [0.25, 0.3) is 5.91 Å². The zero-order valence-corrected chi connectivity index (χ0v) is 16.9. The van der Waals surface area contributed by atoms with E-state index in [2.05, 4.69) is 26.6 Å². The molecule has 0 unspecified atom stereocenters. The van der Waals surface area contributed by atoms with E-state index >= 15 is 0 Å². The van der Waals surface area contributed by atoms with Crippen LogP contribution in [0.4, 0.5) is 5.69 Å². The zero-order chi connectivity index (χ0) is 19.3. The maximum absolute atomic E-state index is 12.3. The van der Waals surface area contributed by atoms with Gasteiger partial charge in [0, 0.05) is 11.3 Å². The molecule has 0 heterocycles. The molecule has 7 nitrogen and oxygen atoms in total. The molecule has 10 heteroatoms. The Balaban J connectivity index is 2.01. The summed E-state index contributed by atoms with van der Waals surface area (Å²) in [5.41, 5.74) is 0.907. The number of ether oxygens (including phenoxy) is 1. The van der Waals surface area contributed by atoms with Crippen molar-refractivity contribution in [1.29, 1.82) is 0 Å². The van der Waals surface area contributed by atoms with Gasteiger partial charge in [-0.25, -0.2) is 13.6 Å². The molecule has 2 aromatic carbocycles.